The molecule has 0 aromatic carbocycles. The summed E-state index contributed by atoms with van der Waals surface area (Å²) in [5.74, 6) is -0.754. The Hall–Kier alpha value is -1.92. The Morgan fingerprint density at radius 3 is 2.64 bits per heavy atom. The molecule has 1 aromatic rings. The molecule has 76 valence electrons. The molecule has 1 rings (SSSR count). The number of nitrogens with zero attached hydrogens (tertiary/aromatic N) is 3. The Labute approximate surface area is 79.4 Å². The lowest BCUT2D eigenvalue weighted by Crippen LogP contribution is -2.07. The zero-order valence-electron chi connectivity index (χ0n) is 7.97. The second kappa shape index (κ2) is 3.44. The first-order chi connectivity index (χ1) is 6.43. The van der Waals surface area contributed by atoms with Crippen LogP contribution >= 0.6 is 0 Å². The molecule has 0 unspecified atom stereocenters. The number of hydrogen-bond acceptors (Lipinski definition) is 5. The first-order valence-electron chi connectivity index (χ1n) is 3.80. The predicted octanol–water partition coefficient (Wildman–Crippen LogP) is 0.562. The van der Waals surface area contributed by atoms with E-state index in [-0.39, 0.29) is 17.3 Å². The summed E-state index contributed by atoms with van der Waals surface area (Å²) in [6.07, 6.45) is 0. The molecule has 0 amide bonds. The number of aryl methyl sites for hydroxylation is 2. The van der Waals surface area contributed by atoms with Crippen LogP contribution in [0.1, 0.15) is 12.6 Å². The Morgan fingerprint density at radius 2 is 2.21 bits per heavy atom. The van der Waals surface area contributed by atoms with Crippen molar-refractivity contribution < 1.29 is 14.5 Å². The smallest absolute Gasteiger partial charge is 0.353 e. The molecule has 0 aliphatic rings. The molecule has 0 N–H and O–H groups in total. The summed E-state index contributed by atoms with van der Waals surface area (Å²) < 4.78 is 5.84. The Kier molecular flexibility index (Phi) is 2.50. The molecule has 0 fully saturated rings. The molecule has 0 aliphatic carbocycles. The van der Waals surface area contributed by atoms with E-state index in [0.29, 0.717) is 0 Å². The van der Waals surface area contributed by atoms with Gasteiger partial charge in [-0.25, -0.2) is 4.68 Å². The number of rotatable bonds is 2. The molecule has 1 heterocycles. The highest BCUT2D eigenvalue weighted by Crippen LogP contribution is 2.29. The van der Waals surface area contributed by atoms with Gasteiger partial charge in [0.1, 0.15) is 5.69 Å². The van der Waals surface area contributed by atoms with Crippen molar-refractivity contribution in [1.29, 1.82) is 0 Å². The summed E-state index contributed by atoms with van der Waals surface area (Å²) in [5.41, 5.74) is -0.0588. The normalized spacial score (nSPS) is 9.93. The Bertz CT molecular complexity index is 396. The van der Waals surface area contributed by atoms with Crippen LogP contribution in [0.15, 0.2) is 0 Å². The maximum Gasteiger partial charge on any atom is 0.353 e. The van der Waals surface area contributed by atoms with E-state index in [1.807, 2.05) is 0 Å². The van der Waals surface area contributed by atoms with Crippen LogP contribution in [0.5, 0.6) is 5.88 Å². The Morgan fingerprint density at radius 1 is 1.64 bits per heavy atom. The molecule has 0 atom stereocenters. The molecular weight excluding hydrogens is 190 g/mol. The molecule has 7 nitrogen and oxygen atoms in total. The average molecular weight is 199 g/mol. The fourth-order valence-corrected chi connectivity index (χ4v) is 1.09. The van der Waals surface area contributed by atoms with Crippen molar-refractivity contribution in [2.45, 2.75) is 13.8 Å². The van der Waals surface area contributed by atoms with Crippen LogP contribution in [0.25, 0.3) is 0 Å². The lowest BCUT2D eigenvalue weighted by molar-refractivity contribution is -0.386. The van der Waals surface area contributed by atoms with Gasteiger partial charge in [-0.2, -0.15) is 5.10 Å². The predicted molar refractivity (Wildman–Crippen MR) is 45.9 cm³/mol. The van der Waals surface area contributed by atoms with E-state index in [9.17, 15) is 14.9 Å². The lowest BCUT2D eigenvalue weighted by Gasteiger charge is -1.99. The first kappa shape index (κ1) is 10.2. The number of hydrogen-bond donors (Lipinski definition) is 0. The number of carbonyl (C=O) groups excluding carboxylic acids is 1. The fraction of sp³-hybridized carbons (Fsp3) is 0.429. The summed E-state index contributed by atoms with van der Waals surface area (Å²) in [6, 6.07) is 0. The van der Waals surface area contributed by atoms with Crippen molar-refractivity contribution in [1.82, 2.24) is 9.78 Å². The number of carbonyl (C=O) groups is 1. The third-order valence-corrected chi connectivity index (χ3v) is 1.56. The summed E-state index contributed by atoms with van der Waals surface area (Å²) in [4.78, 5) is 20.6. The molecule has 0 spiro atoms. The summed E-state index contributed by atoms with van der Waals surface area (Å²) in [6.45, 7) is 2.65. The van der Waals surface area contributed by atoms with Crippen molar-refractivity contribution in [3.05, 3.63) is 15.8 Å². The van der Waals surface area contributed by atoms with E-state index in [2.05, 4.69) is 9.84 Å². The van der Waals surface area contributed by atoms with Crippen LogP contribution in [0.2, 0.25) is 0 Å². The van der Waals surface area contributed by atoms with E-state index in [1.54, 1.807) is 0 Å². The highest BCUT2D eigenvalue weighted by molar-refractivity contribution is 5.70. The van der Waals surface area contributed by atoms with E-state index in [0.717, 1.165) is 4.68 Å². The van der Waals surface area contributed by atoms with Crippen LogP contribution in [0.4, 0.5) is 5.69 Å². The standard InChI is InChI=1S/C7H9N3O4/c1-4-6(10(12)13)7(9(3)8-4)14-5(2)11/h1-3H3. The van der Waals surface area contributed by atoms with Crippen LogP contribution in [0, 0.1) is 17.0 Å². The van der Waals surface area contributed by atoms with Crippen molar-refractivity contribution in [2.75, 3.05) is 0 Å². The van der Waals surface area contributed by atoms with Gasteiger partial charge in [0.25, 0.3) is 0 Å². The van der Waals surface area contributed by atoms with Gasteiger partial charge in [-0.15, -0.1) is 0 Å². The topological polar surface area (TPSA) is 87.3 Å². The molecule has 14 heavy (non-hydrogen) atoms. The molecule has 0 saturated carbocycles. The molecule has 1 aromatic heterocycles. The van der Waals surface area contributed by atoms with Gasteiger partial charge in [0.05, 0.1) is 4.92 Å². The van der Waals surface area contributed by atoms with Crippen LogP contribution in [-0.2, 0) is 11.8 Å². The van der Waals surface area contributed by atoms with Gasteiger partial charge in [0.15, 0.2) is 0 Å². The zero-order chi connectivity index (χ0) is 10.9. The highest BCUT2D eigenvalue weighted by atomic mass is 16.6. The maximum atomic E-state index is 10.7. The quantitative estimate of drug-likeness (QED) is 0.394. The van der Waals surface area contributed by atoms with Gasteiger partial charge < -0.3 is 4.74 Å². The minimum Gasteiger partial charge on any atom is -0.401 e. The lowest BCUT2D eigenvalue weighted by atomic mass is 10.4. The minimum atomic E-state index is -0.624. The fourth-order valence-electron chi connectivity index (χ4n) is 1.09. The van der Waals surface area contributed by atoms with Gasteiger partial charge in [-0.3, -0.25) is 14.9 Å². The van der Waals surface area contributed by atoms with Gasteiger partial charge in [0.2, 0.25) is 0 Å². The average Bonchev–Trinajstić information content (AvgIpc) is 2.25. The Balaban J connectivity index is 3.24. The van der Waals surface area contributed by atoms with Gasteiger partial charge >= 0.3 is 17.5 Å². The second-order valence-corrected chi connectivity index (χ2v) is 2.71. The third-order valence-electron chi connectivity index (χ3n) is 1.56. The molecular formula is C7H9N3O4. The summed E-state index contributed by atoms with van der Waals surface area (Å²) in [7, 11) is 1.47. The zero-order valence-corrected chi connectivity index (χ0v) is 7.97. The van der Waals surface area contributed by atoms with E-state index in [1.165, 1.54) is 20.9 Å². The number of esters is 1. The molecule has 7 heteroatoms. The third kappa shape index (κ3) is 1.70. The molecule has 0 saturated heterocycles. The van der Waals surface area contributed by atoms with E-state index >= 15 is 0 Å². The SMILES string of the molecule is CC(=O)Oc1c([N+](=O)[O-])c(C)nn1C. The van der Waals surface area contributed by atoms with Crippen molar-refractivity contribution in [2.24, 2.45) is 7.05 Å². The highest BCUT2D eigenvalue weighted by Gasteiger charge is 2.26. The van der Waals surface area contributed by atoms with E-state index in [4.69, 9.17) is 0 Å². The van der Waals surface area contributed by atoms with Crippen molar-refractivity contribution in [3.8, 4) is 5.88 Å². The van der Waals surface area contributed by atoms with Gasteiger partial charge in [-0.1, -0.05) is 0 Å². The summed E-state index contributed by atoms with van der Waals surface area (Å²) in [5, 5.41) is 14.4. The number of nitro groups is 1. The van der Waals surface area contributed by atoms with Crippen LogP contribution < -0.4 is 4.74 Å². The summed E-state index contributed by atoms with van der Waals surface area (Å²) >= 11 is 0. The molecule has 0 bridgehead atoms. The monoisotopic (exact) mass is 199 g/mol. The molecule has 0 radical (unpaired) electrons. The van der Waals surface area contributed by atoms with Crippen molar-refractivity contribution in [3.63, 3.8) is 0 Å². The minimum absolute atomic E-state index is 0.139. The first-order valence-corrected chi connectivity index (χ1v) is 3.80. The number of aromatic nitrogens is 2. The molecule has 0 aliphatic heterocycles. The van der Waals surface area contributed by atoms with Crippen LogP contribution in [-0.4, -0.2) is 20.7 Å². The number of ether oxygens (including phenoxy) is 1. The van der Waals surface area contributed by atoms with Gasteiger partial charge in [0, 0.05) is 14.0 Å². The van der Waals surface area contributed by atoms with Crippen molar-refractivity contribution >= 4 is 11.7 Å². The van der Waals surface area contributed by atoms with E-state index < -0.39 is 10.9 Å². The van der Waals surface area contributed by atoms with Crippen LogP contribution in [0.3, 0.4) is 0 Å². The van der Waals surface area contributed by atoms with Gasteiger partial charge in [-0.05, 0) is 6.92 Å². The second-order valence-electron chi connectivity index (χ2n) is 2.71. The maximum absolute atomic E-state index is 10.7. The largest absolute Gasteiger partial charge is 0.401 e.